The number of anilines is 1. The Hall–Kier alpha value is -3.50. The zero-order chi connectivity index (χ0) is 32.0. The highest BCUT2D eigenvalue weighted by Crippen LogP contribution is 2.29. The van der Waals surface area contributed by atoms with Crippen LogP contribution >= 0.6 is 0 Å². The van der Waals surface area contributed by atoms with Crippen molar-refractivity contribution in [2.75, 3.05) is 5.32 Å². The average molecular weight is 618 g/mol. The van der Waals surface area contributed by atoms with E-state index in [-0.39, 0.29) is 56.3 Å². The van der Waals surface area contributed by atoms with E-state index in [0.717, 1.165) is 17.7 Å². The number of alkyl halides is 3. The van der Waals surface area contributed by atoms with E-state index >= 15 is 0 Å². The molecular weight excluding hydrogens is 580 g/mol. The van der Waals surface area contributed by atoms with Crippen molar-refractivity contribution in [2.45, 2.75) is 87.9 Å². The molecule has 0 radical (unpaired) electrons. The van der Waals surface area contributed by atoms with Crippen molar-refractivity contribution in [1.29, 1.82) is 0 Å². The van der Waals surface area contributed by atoms with E-state index in [2.05, 4.69) is 16.0 Å². The second-order valence-corrected chi connectivity index (χ2v) is 11.5. The number of hydrogen-bond donors (Lipinski definition) is 7. The Morgan fingerprint density at radius 3 is 2.34 bits per heavy atom. The normalized spacial score (nSPS) is 21.2. The van der Waals surface area contributed by atoms with Crippen LogP contribution in [0.4, 0.5) is 18.9 Å². The van der Waals surface area contributed by atoms with E-state index in [4.69, 9.17) is 21.9 Å². The summed E-state index contributed by atoms with van der Waals surface area (Å²) in [5.41, 5.74) is 19.4. The van der Waals surface area contributed by atoms with Gasteiger partial charge in [0.05, 0.1) is 18.2 Å². The Balaban J connectivity index is 1.37. The van der Waals surface area contributed by atoms with E-state index < -0.39 is 42.8 Å². The summed E-state index contributed by atoms with van der Waals surface area (Å²) in [6.45, 7) is 0.230. The largest absolute Gasteiger partial charge is 0.491 e. The summed E-state index contributed by atoms with van der Waals surface area (Å²) in [5, 5.41) is 18.2. The van der Waals surface area contributed by atoms with Crippen LogP contribution in [-0.2, 0) is 38.2 Å². The molecule has 4 unspecified atom stereocenters. The molecule has 1 aliphatic heterocycles. The lowest BCUT2D eigenvalue weighted by Gasteiger charge is -2.31. The molecule has 15 heteroatoms. The van der Waals surface area contributed by atoms with Gasteiger partial charge in [-0.25, -0.2) is 0 Å². The van der Waals surface area contributed by atoms with E-state index in [9.17, 15) is 32.6 Å². The number of carbonyl (C=O) groups excluding carboxylic acids is 3. The van der Waals surface area contributed by atoms with Crippen LogP contribution in [0.25, 0.3) is 0 Å². The molecule has 0 saturated heterocycles. The van der Waals surface area contributed by atoms with Crippen molar-refractivity contribution in [3.8, 4) is 0 Å². The van der Waals surface area contributed by atoms with Gasteiger partial charge in [0.1, 0.15) is 6.04 Å². The number of nitrogens with two attached hydrogens (primary N) is 3. The molecular formula is C29H38BF3N6O5. The van der Waals surface area contributed by atoms with Gasteiger partial charge in [-0.05, 0) is 79.4 Å². The topological polar surface area (TPSA) is 195 Å². The fourth-order valence-electron chi connectivity index (χ4n) is 5.48. The van der Waals surface area contributed by atoms with Crippen LogP contribution in [0.1, 0.15) is 55.2 Å². The molecule has 0 bridgehead atoms. The van der Waals surface area contributed by atoms with Crippen LogP contribution in [0.5, 0.6) is 0 Å². The molecule has 4 rings (SSSR count). The zero-order valence-corrected chi connectivity index (χ0v) is 24.1. The van der Waals surface area contributed by atoms with Crippen LogP contribution in [0.3, 0.4) is 0 Å². The number of halogens is 3. The van der Waals surface area contributed by atoms with Crippen molar-refractivity contribution < 1.29 is 37.2 Å². The smallest absolute Gasteiger partial charge is 0.423 e. The number of benzene rings is 2. The van der Waals surface area contributed by atoms with Crippen molar-refractivity contribution in [3.63, 3.8) is 0 Å². The molecule has 10 N–H and O–H groups in total. The van der Waals surface area contributed by atoms with Gasteiger partial charge in [-0.1, -0.05) is 18.2 Å². The summed E-state index contributed by atoms with van der Waals surface area (Å²) in [5.74, 6) is -1.54. The SMILES string of the molecule is NC1CC(N)CC(NC(=O)CCC(N)C(=O)NC(CCc2ccc(C(F)(F)F)cc2)C(=O)Nc2ccc3c(c2)B(O)OC3)C1. The van der Waals surface area contributed by atoms with Gasteiger partial charge in [0.2, 0.25) is 17.7 Å². The van der Waals surface area contributed by atoms with Gasteiger partial charge in [0.25, 0.3) is 0 Å². The summed E-state index contributed by atoms with van der Waals surface area (Å²) in [6, 6.07) is 6.87. The second kappa shape index (κ2) is 14.5. The quantitative estimate of drug-likeness (QED) is 0.176. The van der Waals surface area contributed by atoms with Gasteiger partial charge >= 0.3 is 13.3 Å². The molecule has 2 aromatic carbocycles. The molecule has 1 fully saturated rings. The highest BCUT2D eigenvalue weighted by atomic mass is 19.4. The fourth-order valence-corrected chi connectivity index (χ4v) is 5.48. The molecule has 0 spiro atoms. The third-order valence-electron chi connectivity index (χ3n) is 7.88. The highest BCUT2D eigenvalue weighted by Gasteiger charge is 2.31. The first-order chi connectivity index (χ1) is 20.8. The molecule has 2 aromatic rings. The predicted octanol–water partition coefficient (Wildman–Crippen LogP) is 0.410. The lowest BCUT2D eigenvalue weighted by atomic mass is 9.79. The predicted molar refractivity (Wildman–Crippen MR) is 158 cm³/mol. The van der Waals surface area contributed by atoms with Gasteiger partial charge < -0.3 is 42.8 Å². The summed E-state index contributed by atoms with van der Waals surface area (Å²) in [6.07, 6.45) is -2.36. The maximum Gasteiger partial charge on any atom is 0.491 e. The van der Waals surface area contributed by atoms with Crippen LogP contribution in [0.15, 0.2) is 42.5 Å². The molecule has 44 heavy (non-hydrogen) atoms. The molecule has 2 aliphatic rings. The summed E-state index contributed by atoms with van der Waals surface area (Å²) >= 11 is 0. The Labute approximate surface area is 253 Å². The van der Waals surface area contributed by atoms with Crippen LogP contribution in [-0.4, -0.2) is 60.1 Å². The molecule has 0 aromatic heterocycles. The highest BCUT2D eigenvalue weighted by molar-refractivity contribution is 6.61. The summed E-state index contributed by atoms with van der Waals surface area (Å²) in [7, 11) is -1.13. The van der Waals surface area contributed by atoms with E-state index in [1.54, 1.807) is 18.2 Å². The first-order valence-electron chi connectivity index (χ1n) is 14.5. The number of nitrogens with one attached hydrogen (secondary N) is 3. The Kier molecular flexibility index (Phi) is 11.0. The molecule has 11 nitrogen and oxygen atoms in total. The lowest BCUT2D eigenvalue weighted by Crippen LogP contribution is -2.51. The number of fused-ring (bicyclic) bond motifs is 1. The average Bonchev–Trinajstić information content (AvgIpc) is 3.32. The number of carbonyl (C=O) groups is 3. The fraction of sp³-hybridized carbons (Fsp3) is 0.483. The third-order valence-corrected chi connectivity index (χ3v) is 7.88. The van der Waals surface area contributed by atoms with Gasteiger partial charge in [-0.3, -0.25) is 14.4 Å². The number of aryl methyl sites for hydroxylation is 1. The first-order valence-corrected chi connectivity index (χ1v) is 14.5. The van der Waals surface area contributed by atoms with E-state index in [1.165, 1.54) is 12.1 Å². The molecule has 4 atom stereocenters. The first kappa shape index (κ1) is 33.4. The molecule has 3 amide bonds. The van der Waals surface area contributed by atoms with Crippen molar-refractivity contribution >= 4 is 36.0 Å². The molecule has 1 heterocycles. The summed E-state index contributed by atoms with van der Waals surface area (Å²) in [4.78, 5) is 38.8. The number of amides is 3. The standard InChI is InChI=1S/C29H38BF3N6O5/c31-29(32,33)18-5-1-16(2-6-18)3-9-25(28(42)38-21-7-4-17-15-44-30(43)23(17)14-21)39-27(41)24(36)8-10-26(40)37-22-12-19(34)11-20(35)13-22/h1-2,4-7,14,19-20,22,24-25,43H,3,8-13,15,34-36H2,(H,37,40)(H,38,42)(H,39,41). The van der Waals surface area contributed by atoms with Crippen LogP contribution < -0.4 is 38.6 Å². The Bertz CT molecular complexity index is 1320. The van der Waals surface area contributed by atoms with Crippen molar-refractivity contribution in [2.24, 2.45) is 17.2 Å². The minimum atomic E-state index is -4.48. The van der Waals surface area contributed by atoms with Gasteiger partial charge in [-0.15, -0.1) is 0 Å². The third kappa shape index (κ3) is 9.25. The van der Waals surface area contributed by atoms with Gasteiger partial charge in [0, 0.05) is 30.2 Å². The monoisotopic (exact) mass is 618 g/mol. The molecule has 1 aliphatic carbocycles. The van der Waals surface area contributed by atoms with Gasteiger partial charge in [0.15, 0.2) is 0 Å². The second-order valence-electron chi connectivity index (χ2n) is 11.5. The van der Waals surface area contributed by atoms with Crippen LogP contribution in [0.2, 0.25) is 0 Å². The molecule has 1 saturated carbocycles. The number of hydrogen-bond acceptors (Lipinski definition) is 8. The van der Waals surface area contributed by atoms with Crippen molar-refractivity contribution in [1.82, 2.24) is 10.6 Å². The summed E-state index contributed by atoms with van der Waals surface area (Å²) < 4.78 is 44.1. The molecule has 238 valence electrons. The zero-order valence-electron chi connectivity index (χ0n) is 24.1. The maximum absolute atomic E-state index is 13.3. The van der Waals surface area contributed by atoms with E-state index in [1.807, 2.05) is 0 Å². The maximum atomic E-state index is 13.3. The van der Waals surface area contributed by atoms with E-state index in [0.29, 0.717) is 36.0 Å². The Morgan fingerprint density at radius 1 is 1.00 bits per heavy atom. The lowest BCUT2D eigenvalue weighted by molar-refractivity contribution is -0.137. The minimum absolute atomic E-state index is 0.0123. The van der Waals surface area contributed by atoms with Gasteiger partial charge in [-0.2, -0.15) is 13.2 Å². The number of rotatable bonds is 11. The van der Waals surface area contributed by atoms with Crippen LogP contribution in [0, 0.1) is 0 Å². The van der Waals surface area contributed by atoms with Crippen molar-refractivity contribution in [3.05, 3.63) is 59.2 Å². The Morgan fingerprint density at radius 2 is 1.68 bits per heavy atom. The minimum Gasteiger partial charge on any atom is -0.423 e.